The number of carbonyl (C=O) groups excluding carboxylic acids is 1. The van der Waals surface area contributed by atoms with Gasteiger partial charge in [0.05, 0.1) is 12.0 Å². The minimum atomic E-state index is -0.808. The Morgan fingerprint density at radius 1 is 1.31 bits per heavy atom. The van der Waals surface area contributed by atoms with Crippen molar-refractivity contribution in [1.29, 1.82) is 0 Å². The van der Waals surface area contributed by atoms with Gasteiger partial charge in [-0.2, -0.15) is 0 Å². The van der Waals surface area contributed by atoms with Crippen LogP contribution in [0.5, 0.6) is 0 Å². The minimum absolute atomic E-state index is 0.0914. The molecule has 0 aliphatic carbocycles. The molecule has 2 unspecified atom stereocenters. The van der Waals surface area contributed by atoms with Crippen molar-refractivity contribution in [3.05, 3.63) is 0 Å². The molecule has 2 atom stereocenters. The first-order valence-electron chi connectivity index (χ1n) is 5.87. The van der Waals surface area contributed by atoms with Crippen LogP contribution in [-0.2, 0) is 9.59 Å². The van der Waals surface area contributed by atoms with Gasteiger partial charge in [0.1, 0.15) is 5.78 Å². The van der Waals surface area contributed by atoms with Crippen molar-refractivity contribution >= 4 is 11.8 Å². The van der Waals surface area contributed by atoms with Crippen molar-refractivity contribution in [1.82, 2.24) is 4.90 Å². The molecule has 0 heterocycles. The second-order valence-electron chi connectivity index (χ2n) is 4.37. The van der Waals surface area contributed by atoms with E-state index in [1.54, 1.807) is 13.8 Å². The quantitative estimate of drug-likeness (QED) is 0.689. The first kappa shape index (κ1) is 15.1. The topological polar surface area (TPSA) is 57.6 Å². The lowest BCUT2D eigenvalue weighted by atomic mass is 10.1. The van der Waals surface area contributed by atoms with Gasteiger partial charge in [-0.15, -0.1) is 0 Å². The van der Waals surface area contributed by atoms with E-state index in [9.17, 15) is 9.59 Å². The lowest BCUT2D eigenvalue weighted by Gasteiger charge is -2.28. The lowest BCUT2D eigenvalue weighted by molar-refractivity contribution is -0.142. The highest BCUT2D eigenvalue weighted by molar-refractivity contribution is 5.81. The van der Waals surface area contributed by atoms with E-state index in [0.717, 1.165) is 19.4 Å². The summed E-state index contributed by atoms with van der Waals surface area (Å²) in [6.07, 6.45) is 2.03. The largest absolute Gasteiger partial charge is 0.481 e. The van der Waals surface area contributed by atoms with Crippen LogP contribution in [0.15, 0.2) is 0 Å². The molecule has 0 saturated carbocycles. The van der Waals surface area contributed by atoms with E-state index in [-0.39, 0.29) is 11.8 Å². The highest BCUT2D eigenvalue weighted by atomic mass is 16.4. The molecule has 16 heavy (non-hydrogen) atoms. The zero-order valence-corrected chi connectivity index (χ0v) is 10.7. The molecule has 0 saturated heterocycles. The van der Waals surface area contributed by atoms with E-state index < -0.39 is 11.9 Å². The van der Waals surface area contributed by atoms with Crippen molar-refractivity contribution in [2.45, 2.75) is 46.6 Å². The smallest absolute Gasteiger partial charge is 0.307 e. The summed E-state index contributed by atoms with van der Waals surface area (Å²) in [6, 6.07) is -0.187. The number of ketones is 1. The van der Waals surface area contributed by atoms with Crippen LogP contribution in [-0.4, -0.2) is 40.9 Å². The van der Waals surface area contributed by atoms with E-state index in [4.69, 9.17) is 5.11 Å². The van der Waals surface area contributed by atoms with Crippen LogP contribution in [0.2, 0.25) is 0 Å². The van der Waals surface area contributed by atoms with E-state index in [2.05, 4.69) is 6.92 Å². The number of rotatable bonds is 8. The first-order chi connectivity index (χ1) is 7.40. The Bertz CT molecular complexity index is 240. The molecular formula is C12H23NO3. The number of hydrogen-bond acceptors (Lipinski definition) is 3. The number of unbranched alkanes of at least 4 members (excludes halogenated alkanes) is 1. The maximum atomic E-state index is 11.3. The first-order valence-corrected chi connectivity index (χ1v) is 5.87. The molecule has 0 aromatic rings. The Hall–Kier alpha value is -0.900. The van der Waals surface area contributed by atoms with Gasteiger partial charge in [-0.05, 0) is 26.8 Å². The molecular weight excluding hydrogens is 206 g/mol. The summed E-state index contributed by atoms with van der Waals surface area (Å²) in [4.78, 5) is 24.1. The zero-order valence-electron chi connectivity index (χ0n) is 10.7. The Morgan fingerprint density at radius 2 is 1.88 bits per heavy atom. The Kier molecular flexibility index (Phi) is 6.97. The van der Waals surface area contributed by atoms with Gasteiger partial charge in [0, 0.05) is 6.54 Å². The molecule has 0 aromatic carbocycles. The van der Waals surface area contributed by atoms with Crippen LogP contribution in [0.25, 0.3) is 0 Å². The monoisotopic (exact) mass is 229 g/mol. The normalized spacial score (nSPS) is 14.8. The molecule has 0 amide bonds. The van der Waals surface area contributed by atoms with Gasteiger partial charge < -0.3 is 5.11 Å². The van der Waals surface area contributed by atoms with Crippen molar-refractivity contribution in [2.24, 2.45) is 5.92 Å². The molecule has 0 fully saturated rings. The molecule has 4 nitrogen and oxygen atoms in total. The summed E-state index contributed by atoms with van der Waals surface area (Å²) in [7, 11) is 0. The molecule has 0 bridgehead atoms. The van der Waals surface area contributed by atoms with E-state index in [1.807, 2.05) is 11.8 Å². The molecule has 0 aliphatic heterocycles. The number of nitrogens with zero attached hydrogens (tertiary/aromatic N) is 1. The van der Waals surface area contributed by atoms with Crippen LogP contribution >= 0.6 is 0 Å². The van der Waals surface area contributed by atoms with Crippen molar-refractivity contribution in [3.63, 3.8) is 0 Å². The van der Waals surface area contributed by atoms with Crippen LogP contribution in [0.4, 0.5) is 0 Å². The number of hydrogen-bond donors (Lipinski definition) is 1. The van der Waals surface area contributed by atoms with Crippen LogP contribution in [0.1, 0.15) is 40.5 Å². The standard InChI is InChI=1S/C12H23NO3/c1-5-6-7-13(10(3)11(4)14)8-9(2)12(15)16/h9-10H,5-8H2,1-4H3,(H,15,16). The van der Waals surface area contributed by atoms with Crippen molar-refractivity contribution in [3.8, 4) is 0 Å². The number of carboxylic acids is 1. The Balaban J connectivity index is 4.41. The predicted molar refractivity (Wildman–Crippen MR) is 63.4 cm³/mol. The third-order valence-electron chi connectivity index (χ3n) is 2.86. The molecule has 0 aliphatic rings. The fourth-order valence-electron chi connectivity index (χ4n) is 1.49. The van der Waals surface area contributed by atoms with Gasteiger partial charge in [0.25, 0.3) is 0 Å². The van der Waals surface area contributed by atoms with Gasteiger partial charge >= 0.3 is 5.97 Å². The fraction of sp³-hybridized carbons (Fsp3) is 0.833. The summed E-state index contributed by atoms with van der Waals surface area (Å²) in [5, 5.41) is 8.87. The second kappa shape index (κ2) is 7.39. The summed E-state index contributed by atoms with van der Waals surface area (Å²) in [5.74, 6) is -1.15. The maximum Gasteiger partial charge on any atom is 0.307 e. The van der Waals surface area contributed by atoms with Crippen LogP contribution in [0.3, 0.4) is 0 Å². The molecule has 0 rings (SSSR count). The lowest BCUT2D eigenvalue weighted by Crippen LogP contribution is -2.42. The number of carbonyl (C=O) groups is 2. The SMILES string of the molecule is CCCCN(CC(C)C(=O)O)C(C)C(C)=O. The van der Waals surface area contributed by atoms with Crippen molar-refractivity contribution < 1.29 is 14.7 Å². The molecule has 0 aromatic heterocycles. The summed E-state index contributed by atoms with van der Waals surface area (Å²) >= 11 is 0. The number of Topliss-reactive ketones (excluding diaryl/α,β-unsaturated/α-hetero) is 1. The summed E-state index contributed by atoms with van der Waals surface area (Å²) in [6.45, 7) is 8.37. The highest BCUT2D eigenvalue weighted by Gasteiger charge is 2.22. The number of aliphatic carboxylic acids is 1. The Labute approximate surface area is 97.6 Å². The molecule has 94 valence electrons. The van der Waals surface area contributed by atoms with Gasteiger partial charge in [-0.1, -0.05) is 20.3 Å². The third kappa shape index (κ3) is 5.26. The zero-order chi connectivity index (χ0) is 12.7. The van der Waals surface area contributed by atoms with Gasteiger partial charge in [0.2, 0.25) is 0 Å². The van der Waals surface area contributed by atoms with Gasteiger partial charge in [0.15, 0.2) is 0 Å². The molecule has 1 N–H and O–H groups in total. The third-order valence-corrected chi connectivity index (χ3v) is 2.86. The average molecular weight is 229 g/mol. The van der Waals surface area contributed by atoms with E-state index >= 15 is 0 Å². The average Bonchev–Trinajstić information content (AvgIpc) is 2.22. The summed E-state index contributed by atoms with van der Waals surface area (Å²) < 4.78 is 0. The Morgan fingerprint density at radius 3 is 2.25 bits per heavy atom. The van der Waals surface area contributed by atoms with Crippen molar-refractivity contribution in [2.75, 3.05) is 13.1 Å². The van der Waals surface area contributed by atoms with E-state index in [0.29, 0.717) is 6.54 Å². The van der Waals surface area contributed by atoms with E-state index in [1.165, 1.54) is 0 Å². The molecule has 0 spiro atoms. The second-order valence-corrected chi connectivity index (χ2v) is 4.37. The molecule has 0 radical (unpaired) electrons. The predicted octanol–water partition coefficient (Wildman–Crippen LogP) is 1.79. The maximum absolute atomic E-state index is 11.3. The molecule has 4 heteroatoms. The highest BCUT2D eigenvalue weighted by Crippen LogP contribution is 2.08. The number of carboxylic acid groups (broad SMARTS) is 1. The van der Waals surface area contributed by atoms with Gasteiger partial charge in [-0.25, -0.2) is 0 Å². The van der Waals surface area contributed by atoms with Crippen LogP contribution in [0, 0.1) is 5.92 Å². The fourth-order valence-corrected chi connectivity index (χ4v) is 1.49. The van der Waals surface area contributed by atoms with Crippen LogP contribution < -0.4 is 0 Å². The minimum Gasteiger partial charge on any atom is -0.481 e. The summed E-state index contributed by atoms with van der Waals surface area (Å²) in [5.41, 5.74) is 0. The van der Waals surface area contributed by atoms with Gasteiger partial charge in [-0.3, -0.25) is 14.5 Å².